The number of aliphatic hydroxyl groups is 1. The Hall–Kier alpha value is -1.62. The molecule has 1 atom stereocenters. The smallest absolute Gasteiger partial charge is 0.140 e. The van der Waals surface area contributed by atoms with Gasteiger partial charge in [-0.2, -0.15) is 0 Å². The highest BCUT2D eigenvalue weighted by atomic mass is 16.3. The predicted octanol–water partition coefficient (Wildman–Crippen LogP) is 1.33. The van der Waals surface area contributed by atoms with Gasteiger partial charge >= 0.3 is 0 Å². The topological polar surface area (TPSA) is 64.1 Å². The van der Waals surface area contributed by atoms with E-state index in [0.717, 1.165) is 36.7 Å². The van der Waals surface area contributed by atoms with Crippen LogP contribution in [-0.2, 0) is 12.8 Å². The summed E-state index contributed by atoms with van der Waals surface area (Å²) >= 11 is 0. The standard InChI is InChI=1S/C12H15N3O2/c16-8-9-3-1-5-11-13-14-12(15(9)11)7-10-4-2-6-17-10/h2,4,6,9,16H,1,3,5,7-8H2. The van der Waals surface area contributed by atoms with Crippen LogP contribution < -0.4 is 0 Å². The van der Waals surface area contributed by atoms with E-state index >= 15 is 0 Å². The fourth-order valence-corrected chi connectivity index (χ4v) is 2.44. The molecule has 5 heteroatoms. The minimum absolute atomic E-state index is 0.124. The molecule has 3 rings (SSSR count). The zero-order valence-corrected chi connectivity index (χ0v) is 9.54. The number of aliphatic hydroxyl groups excluding tert-OH is 1. The number of hydrogen-bond donors (Lipinski definition) is 1. The van der Waals surface area contributed by atoms with Crippen LogP contribution in [0.5, 0.6) is 0 Å². The van der Waals surface area contributed by atoms with E-state index in [4.69, 9.17) is 4.42 Å². The molecule has 0 aromatic carbocycles. The van der Waals surface area contributed by atoms with Crippen molar-refractivity contribution in [2.24, 2.45) is 0 Å². The van der Waals surface area contributed by atoms with Gasteiger partial charge in [-0.15, -0.1) is 10.2 Å². The van der Waals surface area contributed by atoms with Crippen molar-refractivity contribution in [2.75, 3.05) is 6.61 Å². The van der Waals surface area contributed by atoms with Gasteiger partial charge in [0.2, 0.25) is 0 Å². The van der Waals surface area contributed by atoms with E-state index in [0.29, 0.717) is 6.42 Å². The fraction of sp³-hybridized carbons (Fsp3) is 0.500. The monoisotopic (exact) mass is 233 g/mol. The van der Waals surface area contributed by atoms with Crippen LogP contribution in [0.2, 0.25) is 0 Å². The molecule has 1 unspecified atom stereocenters. The van der Waals surface area contributed by atoms with Gasteiger partial charge in [0.05, 0.1) is 25.3 Å². The van der Waals surface area contributed by atoms with Gasteiger partial charge in [0.25, 0.3) is 0 Å². The predicted molar refractivity (Wildman–Crippen MR) is 60.6 cm³/mol. The SMILES string of the molecule is OCC1CCCc2nnc(Cc3ccco3)n21. The van der Waals surface area contributed by atoms with Crippen LogP contribution in [0.25, 0.3) is 0 Å². The first-order valence-corrected chi connectivity index (χ1v) is 5.94. The zero-order chi connectivity index (χ0) is 11.7. The summed E-state index contributed by atoms with van der Waals surface area (Å²) in [5.74, 6) is 2.74. The first-order valence-electron chi connectivity index (χ1n) is 5.94. The van der Waals surface area contributed by atoms with E-state index in [9.17, 15) is 5.11 Å². The van der Waals surface area contributed by atoms with Gasteiger partial charge in [-0.1, -0.05) is 0 Å². The second-order valence-corrected chi connectivity index (χ2v) is 4.39. The van der Waals surface area contributed by atoms with Gasteiger partial charge in [0, 0.05) is 6.42 Å². The van der Waals surface area contributed by atoms with Gasteiger partial charge in [0.1, 0.15) is 17.4 Å². The quantitative estimate of drug-likeness (QED) is 0.868. The third-order valence-electron chi connectivity index (χ3n) is 3.26. The summed E-state index contributed by atoms with van der Waals surface area (Å²) in [6, 6.07) is 3.92. The first-order chi connectivity index (χ1) is 8.38. The number of aromatic nitrogens is 3. The van der Waals surface area contributed by atoms with Crippen LogP contribution >= 0.6 is 0 Å². The van der Waals surface area contributed by atoms with E-state index in [1.54, 1.807) is 6.26 Å². The Bertz CT molecular complexity index is 490. The largest absolute Gasteiger partial charge is 0.469 e. The summed E-state index contributed by atoms with van der Waals surface area (Å²) in [7, 11) is 0. The second kappa shape index (κ2) is 4.33. The molecule has 1 aliphatic heterocycles. The molecule has 1 aliphatic rings. The lowest BCUT2D eigenvalue weighted by Gasteiger charge is -2.24. The maximum absolute atomic E-state index is 9.41. The van der Waals surface area contributed by atoms with Crippen molar-refractivity contribution in [1.82, 2.24) is 14.8 Å². The summed E-state index contributed by atoms with van der Waals surface area (Å²) in [6.45, 7) is 0.149. The molecule has 0 bridgehead atoms. The molecule has 0 aliphatic carbocycles. The summed E-state index contributed by atoms with van der Waals surface area (Å²) in [5, 5.41) is 17.8. The Kier molecular flexibility index (Phi) is 2.68. The molecule has 2 aromatic heterocycles. The van der Waals surface area contributed by atoms with Gasteiger partial charge in [0.15, 0.2) is 0 Å². The van der Waals surface area contributed by atoms with Gasteiger partial charge in [-0.3, -0.25) is 0 Å². The molecular formula is C12H15N3O2. The van der Waals surface area contributed by atoms with Crippen molar-refractivity contribution in [1.29, 1.82) is 0 Å². The van der Waals surface area contributed by atoms with Gasteiger partial charge in [-0.25, -0.2) is 0 Å². The van der Waals surface area contributed by atoms with Crippen LogP contribution in [0.15, 0.2) is 22.8 Å². The highest BCUT2D eigenvalue weighted by molar-refractivity contribution is 5.10. The maximum Gasteiger partial charge on any atom is 0.140 e. The molecule has 0 saturated carbocycles. The number of hydrogen-bond acceptors (Lipinski definition) is 4. The Labute approximate surface area is 99.1 Å². The average molecular weight is 233 g/mol. The summed E-state index contributed by atoms with van der Waals surface area (Å²) in [4.78, 5) is 0. The van der Waals surface area contributed by atoms with Gasteiger partial charge < -0.3 is 14.1 Å². The van der Waals surface area contributed by atoms with E-state index in [2.05, 4.69) is 14.8 Å². The number of rotatable bonds is 3. The Morgan fingerprint density at radius 1 is 1.47 bits per heavy atom. The van der Waals surface area contributed by atoms with Crippen molar-refractivity contribution in [2.45, 2.75) is 31.7 Å². The lowest BCUT2D eigenvalue weighted by atomic mass is 10.0. The van der Waals surface area contributed by atoms with E-state index < -0.39 is 0 Å². The zero-order valence-electron chi connectivity index (χ0n) is 9.54. The Balaban J connectivity index is 1.93. The lowest BCUT2D eigenvalue weighted by Crippen LogP contribution is -2.22. The summed E-state index contributed by atoms with van der Waals surface area (Å²) in [6.07, 6.45) is 5.31. The van der Waals surface area contributed by atoms with Crippen molar-refractivity contribution in [3.8, 4) is 0 Å². The van der Waals surface area contributed by atoms with Crippen molar-refractivity contribution < 1.29 is 9.52 Å². The van der Waals surface area contributed by atoms with E-state index in [1.165, 1.54) is 0 Å². The molecule has 0 fully saturated rings. The normalized spacial score (nSPS) is 19.2. The van der Waals surface area contributed by atoms with Crippen LogP contribution in [0.3, 0.4) is 0 Å². The average Bonchev–Trinajstić information content (AvgIpc) is 2.99. The lowest BCUT2D eigenvalue weighted by molar-refractivity contribution is 0.203. The number of aryl methyl sites for hydroxylation is 1. The molecule has 0 spiro atoms. The first kappa shape index (κ1) is 10.5. The Morgan fingerprint density at radius 3 is 3.18 bits per heavy atom. The highest BCUT2D eigenvalue weighted by Crippen LogP contribution is 2.25. The fourth-order valence-electron chi connectivity index (χ4n) is 2.44. The summed E-state index contributed by atoms with van der Waals surface area (Å²) < 4.78 is 7.40. The van der Waals surface area contributed by atoms with Crippen LogP contribution in [-0.4, -0.2) is 26.5 Å². The minimum atomic E-state index is 0.124. The third-order valence-corrected chi connectivity index (χ3v) is 3.26. The van der Waals surface area contributed by atoms with E-state index in [-0.39, 0.29) is 12.6 Å². The molecule has 2 aromatic rings. The third kappa shape index (κ3) is 1.86. The van der Waals surface area contributed by atoms with E-state index in [1.807, 2.05) is 12.1 Å². The van der Waals surface area contributed by atoms with Crippen LogP contribution in [0, 0.1) is 0 Å². The number of fused-ring (bicyclic) bond motifs is 1. The van der Waals surface area contributed by atoms with Gasteiger partial charge in [-0.05, 0) is 25.0 Å². The molecule has 0 saturated heterocycles. The van der Waals surface area contributed by atoms with Crippen molar-refractivity contribution in [3.05, 3.63) is 35.8 Å². The van der Waals surface area contributed by atoms with Crippen molar-refractivity contribution >= 4 is 0 Å². The maximum atomic E-state index is 9.41. The number of nitrogens with zero attached hydrogens (tertiary/aromatic N) is 3. The molecule has 17 heavy (non-hydrogen) atoms. The molecular weight excluding hydrogens is 218 g/mol. The molecule has 3 heterocycles. The molecule has 1 N–H and O–H groups in total. The molecule has 0 radical (unpaired) electrons. The highest BCUT2D eigenvalue weighted by Gasteiger charge is 2.24. The summed E-state index contributed by atoms with van der Waals surface area (Å²) in [5.41, 5.74) is 0. The minimum Gasteiger partial charge on any atom is -0.469 e. The van der Waals surface area contributed by atoms with Crippen LogP contribution in [0.4, 0.5) is 0 Å². The van der Waals surface area contributed by atoms with Crippen LogP contribution in [0.1, 0.15) is 36.3 Å². The van der Waals surface area contributed by atoms with Crippen molar-refractivity contribution in [3.63, 3.8) is 0 Å². The second-order valence-electron chi connectivity index (χ2n) is 4.39. The number of furan rings is 1. The molecule has 90 valence electrons. The Morgan fingerprint density at radius 2 is 2.41 bits per heavy atom. The molecule has 5 nitrogen and oxygen atoms in total. The molecule has 0 amide bonds.